The highest BCUT2D eigenvalue weighted by atomic mass is 16.6. The lowest BCUT2D eigenvalue weighted by Gasteiger charge is -2.18. The molecule has 1 unspecified atom stereocenters. The van der Waals surface area contributed by atoms with Gasteiger partial charge in [-0.3, -0.25) is 14.4 Å². The summed E-state index contributed by atoms with van der Waals surface area (Å²) in [4.78, 5) is 37.8. The van der Waals surface area contributed by atoms with Crippen LogP contribution in [0.4, 0.5) is 0 Å². The van der Waals surface area contributed by atoms with Crippen LogP contribution in [0.25, 0.3) is 0 Å². The summed E-state index contributed by atoms with van der Waals surface area (Å²) in [7, 11) is 0. The molecule has 0 saturated heterocycles. The van der Waals surface area contributed by atoms with Gasteiger partial charge in [0.05, 0.1) is 0 Å². The monoisotopic (exact) mass is 841 g/mol. The third-order valence-electron chi connectivity index (χ3n) is 9.36. The van der Waals surface area contributed by atoms with Crippen molar-refractivity contribution in [1.82, 2.24) is 0 Å². The Kier molecular flexibility index (Phi) is 44.7. The van der Waals surface area contributed by atoms with Crippen molar-refractivity contribution in [2.75, 3.05) is 13.2 Å². The molecule has 0 radical (unpaired) electrons. The van der Waals surface area contributed by atoms with Gasteiger partial charge in [0.2, 0.25) is 0 Å². The summed E-state index contributed by atoms with van der Waals surface area (Å²) in [5, 5.41) is 0. The van der Waals surface area contributed by atoms with Crippen LogP contribution >= 0.6 is 0 Å². The molecule has 0 fully saturated rings. The molecule has 0 rings (SSSR count). The summed E-state index contributed by atoms with van der Waals surface area (Å²) >= 11 is 0. The smallest absolute Gasteiger partial charge is 0.306 e. The van der Waals surface area contributed by atoms with E-state index in [1.165, 1.54) is 38.5 Å². The molecule has 0 aromatic carbocycles. The molecular formula is C55H84O6. The van der Waals surface area contributed by atoms with Gasteiger partial charge in [-0.1, -0.05) is 212 Å². The molecule has 0 saturated carbocycles. The van der Waals surface area contributed by atoms with E-state index in [9.17, 15) is 14.4 Å². The molecule has 0 aliphatic rings. The van der Waals surface area contributed by atoms with Crippen molar-refractivity contribution in [3.8, 4) is 0 Å². The summed E-state index contributed by atoms with van der Waals surface area (Å²) in [5.74, 6) is -1.08. The molecule has 0 aromatic rings. The average Bonchev–Trinajstić information content (AvgIpc) is 3.26. The molecule has 6 nitrogen and oxygen atoms in total. The van der Waals surface area contributed by atoms with E-state index in [4.69, 9.17) is 14.2 Å². The minimum Gasteiger partial charge on any atom is -0.462 e. The summed E-state index contributed by atoms with van der Waals surface area (Å²) < 4.78 is 16.6. The molecular weight excluding hydrogens is 757 g/mol. The van der Waals surface area contributed by atoms with Gasteiger partial charge in [-0.15, -0.1) is 0 Å². The first-order valence-corrected chi connectivity index (χ1v) is 23.8. The molecule has 0 spiro atoms. The molecule has 0 aliphatic heterocycles. The highest BCUT2D eigenvalue weighted by Crippen LogP contribution is 2.11. The Balaban J connectivity index is 4.62. The number of esters is 3. The van der Waals surface area contributed by atoms with Crippen molar-refractivity contribution >= 4 is 17.9 Å². The van der Waals surface area contributed by atoms with E-state index >= 15 is 0 Å². The molecule has 0 amide bonds. The Morgan fingerprint density at radius 3 is 1.25 bits per heavy atom. The van der Waals surface area contributed by atoms with Gasteiger partial charge in [-0.25, -0.2) is 0 Å². The van der Waals surface area contributed by atoms with Crippen molar-refractivity contribution in [3.05, 3.63) is 134 Å². The van der Waals surface area contributed by atoms with E-state index < -0.39 is 6.10 Å². The number of carbonyl (C=O) groups excluding carboxylic acids is 3. The van der Waals surface area contributed by atoms with Gasteiger partial charge in [-0.05, 0) is 77.0 Å². The fourth-order valence-electron chi connectivity index (χ4n) is 5.82. The van der Waals surface area contributed by atoms with Crippen LogP contribution in [-0.4, -0.2) is 37.2 Å². The van der Waals surface area contributed by atoms with E-state index in [-0.39, 0.29) is 50.4 Å². The molecule has 340 valence electrons. The second-order valence-electron chi connectivity index (χ2n) is 15.1. The standard InChI is InChI=1S/C55H84O6/c1-4-7-10-13-16-19-22-25-27-30-33-36-39-42-45-48-54(57)60-51-52(50-59-53(56)47-44-41-38-35-32-29-24-21-18-15-12-9-6-3)61-55(58)49-46-43-40-37-34-31-28-26-23-20-17-14-11-8-5-2/h7-8,10-11,13-14,16-17,19-20,22-23,25-30,32-33,38,41,52H,4-6,9,12,15,18,21,24,31,34-37,39-40,42-51H2,1-3H3/b10-7-,11-8-,16-13-,17-14-,22-19-,23-20-,27-25-,28-26-,32-29-,33-30-,41-38-. The van der Waals surface area contributed by atoms with E-state index in [2.05, 4.69) is 75.5 Å². The fourth-order valence-corrected chi connectivity index (χ4v) is 5.82. The number of hydrogen-bond donors (Lipinski definition) is 0. The van der Waals surface area contributed by atoms with Gasteiger partial charge >= 0.3 is 17.9 Å². The first kappa shape index (κ1) is 56.5. The number of allylic oxidation sites excluding steroid dienone is 22. The highest BCUT2D eigenvalue weighted by Gasteiger charge is 2.19. The van der Waals surface area contributed by atoms with Gasteiger partial charge in [-0.2, -0.15) is 0 Å². The van der Waals surface area contributed by atoms with Crippen LogP contribution in [0.3, 0.4) is 0 Å². The minimum absolute atomic E-state index is 0.132. The zero-order chi connectivity index (χ0) is 44.4. The second kappa shape index (κ2) is 48.2. The molecule has 0 N–H and O–H groups in total. The molecule has 0 aromatic heterocycles. The fraction of sp³-hybridized carbons (Fsp3) is 0.545. The lowest BCUT2D eigenvalue weighted by Crippen LogP contribution is -2.30. The van der Waals surface area contributed by atoms with Crippen LogP contribution in [0.2, 0.25) is 0 Å². The Labute approximate surface area is 373 Å². The molecule has 61 heavy (non-hydrogen) atoms. The van der Waals surface area contributed by atoms with Crippen LogP contribution in [0.15, 0.2) is 134 Å². The second-order valence-corrected chi connectivity index (χ2v) is 15.1. The summed E-state index contributed by atoms with van der Waals surface area (Å²) in [6.45, 7) is 6.20. The quantitative estimate of drug-likeness (QED) is 0.0201. The highest BCUT2D eigenvalue weighted by molar-refractivity contribution is 5.71. The van der Waals surface area contributed by atoms with Crippen molar-refractivity contribution in [2.45, 2.75) is 181 Å². The number of hydrogen-bond acceptors (Lipinski definition) is 6. The molecule has 1 atom stereocenters. The topological polar surface area (TPSA) is 78.9 Å². The third kappa shape index (κ3) is 46.5. The van der Waals surface area contributed by atoms with E-state index in [0.717, 1.165) is 83.5 Å². The maximum atomic E-state index is 12.8. The van der Waals surface area contributed by atoms with E-state index in [1.54, 1.807) is 0 Å². The van der Waals surface area contributed by atoms with Crippen molar-refractivity contribution in [1.29, 1.82) is 0 Å². The van der Waals surface area contributed by atoms with E-state index in [1.807, 2.05) is 79.0 Å². The zero-order valence-electron chi connectivity index (χ0n) is 38.6. The lowest BCUT2D eigenvalue weighted by atomic mass is 10.1. The van der Waals surface area contributed by atoms with Gasteiger partial charge in [0.15, 0.2) is 6.10 Å². The Morgan fingerprint density at radius 2 is 0.738 bits per heavy atom. The van der Waals surface area contributed by atoms with Crippen LogP contribution in [-0.2, 0) is 28.6 Å². The normalized spacial score (nSPS) is 13.3. The summed E-state index contributed by atoms with van der Waals surface area (Å²) in [6, 6.07) is 0. The zero-order valence-corrected chi connectivity index (χ0v) is 38.6. The van der Waals surface area contributed by atoms with Gasteiger partial charge in [0, 0.05) is 19.3 Å². The number of rotatable bonds is 40. The predicted molar refractivity (Wildman–Crippen MR) is 260 cm³/mol. The average molecular weight is 841 g/mol. The first-order valence-electron chi connectivity index (χ1n) is 23.8. The number of carbonyl (C=O) groups is 3. The maximum absolute atomic E-state index is 12.8. The van der Waals surface area contributed by atoms with Crippen molar-refractivity contribution < 1.29 is 28.6 Å². The Bertz CT molecular complexity index is 1380. The van der Waals surface area contributed by atoms with Crippen LogP contribution < -0.4 is 0 Å². The summed E-state index contributed by atoms with van der Waals surface area (Å²) in [5.41, 5.74) is 0. The predicted octanol–water partition coefficient (Wildman–Crippen LogP) is 15.5. The van der Waals surface area contributed by atoms with Crippen LogP contribution in [0, 0.1) is 0 Å². The van der Waals surface area contributed by atoms with Gasteiger partial charge in [0.25, 0.3) is 0 Å². The minimum atomic E-state index is -0.834. The Morgan fingerprint density at radius 1 is 0.361 bits per heavy atom. The third-order valence-corrected chi connectivity index (χ3v) is 9.36. The molecule has 0 bridgehead atoms. The van der Waals surface area contributed by atoms with Crippen LogP contribution in [0.1, 0.15) is 175 Å². The van der Waals surface area contributed by atoms with E-state index in [0.29, 0.717) is 12.8 Å². The largest absolute Gasteiger partial charge is 0.462 e. The Hall–Kier alpha value is -4.45. The van der Waals surface area contributed by atoms with Gasteiger partial charge < -0.3 is 14.2 Å². The molecule has 0 aliphatic carbocycles. The SMILES string of the molecule is CC\C=C/C=C\C=C/C=C\C=C/CCCCCC(=O)OCC(COC(=O)CC/C=C\C/C=C\CCCCCCCC)OC(=O)CCCCCCC\C=C/C=C\C=C/C=C\CC. The van der Waals surface area contributed by atoms with Crippen LogP contribution in [0.5, 0.6) is 0 Å². The first-order chi connectivity index (χ1) is 30.0. The number of unbranched alkanes of at least 4 members (excludes halogenated alkanes) is 14. The molecule has 6 heteroatoms. The van der Waals surface area contributed by atoms with Crippen molar-refractivity contribution in [2.24, 2.45) is 0 Å². The number of ether oxygens (including phenoxy) is 3. The molecule has 0 heterocycles. The van der Waals surface area contributed by atoms with Crippen molar-refractivity contribution in [3.63, 3.8) is 0 Å². The maximum Gasteiger partial charge on any atom is 0.306 e. The lowest BCUT2D eigenvalue weighted by molar-refractivity contribution is -0.166. The summed E-state index contributed by atoms with van der Waals surface area (Å²) in [6.07, 6.45) is 67.3. The van der Waals surface area contributed by atoms with Gasteiger partial charge in [0.1, 0.15) is 13.2 Å².